The zero-order chi connectivity index (χ0) is 42.2. The molecule has 12 rings (SSSR count). The summed E-state index contributed by atoms with van der Waals surface area (Å²) >= 11 is 0. The van der Waals surface area contributed by atoms with Crippen LogP contribution in [0.1, 0.15) is 9.94 Å². The lowest BCUT2D eigenvalue weighted by molar-refractivity contribution is 0.484. The van der Waals surface area contributed by atoms with Crippen molar-refractivity contribution >= 4 is 65.4 Å². The van der Waals surface area contributed by atoms with Crippen LogP contribution in [0.2, 0.25) is 0 Å². The second kappa shape index (κ2) is 13.3. The summed E-state index contributed by atoms with van der Waals surface area (Å²) < 4.78 is 42.7. The van der Waals surface area contributed by atoms with Crippen LogP contribution in [0, 0.1) is 6.85 Å². The Morgan fingerprint density at radius 1 is 0.383 bits per heavy atom. The van der Waals surface area contributed by atoms with Gasteiger partial charge in [0.25, 0.3) is 5.95 Å². The van der Waals surface area contributed by atoms with E-state index in [1.165, 1.54) is 0 Å². The number of nitrogens with zero attached hydrogens (tertiary/aromatic N) is 9. The molecule has 0 N–H and O–H groups in total. The normalized spacial score (nSPS) is 12.7. The van der Waals surface area contributed by atoms with Crippen LogP contribution in [0.25, 0.3) is 83.0 Å². The first-order valence-electron chi connectivity index (χ1n) is 20.8. The molecule has 6 aromatic carbocycles. The lowest BCUT2D eigenvalue weighted by atomic mass is 10.1. The number of aromatic nitrogens is 9. The maximum absolute atomic E-state index is 7.82. The molecule has 12 aromatic rings. The van der Waals surface area contributed by atoms with Crippen LogP contribution in [-0.2, 0) is 0 Å². The van der Waals surface area contributed by atoms with Gasteiger partial charge in [-0.1, -0.05) is 48.5 Å². The number of para-hydroxylation sites is 2. The number of fused-ring (bicyclic) bond motifs is 9. The van der Waals surface area contributed by atoms with Gasteiger partial charge in [-0.3, -0.25) is 13.7 Å². The molecule has 6 heterocycles. The van der Waals surface area contributed by atoms with Crippen molar-refractivity contribution in [2.75, 3.05) is 0 Å². The standard InChI is InChI=1S/C49H31N9O2/c1-30-52-54-49(55-53-30)58-45-28-33(59-31-16-20-37-35-10-2-4-12-41(35)56(43(37)26-31)47-14-6-8-24-50-47)18-22-39(45)40-23-19-34(29-46(40)58)60-32-17-21-38-36-11-3-5-13-42(36)57(44(38)27-32)48-15-7-9-25-51-48/h2-29H,1H3/i1D3. The third-order valence-corrected chi connectivity index (χ3v) is 10.9. The largest absolute Gasteiger partial charge is 0.457 e. The predicted molar refractivity (Wildman–Crippen MR) is 234 cm³/mol. The Labute approximate surface area is 345 Å². The van der Waals surface area contributed by atoms with Gasteiger partial charge in [-0.25, -0.2) is 9.97 Å². The van der Waals surface area contributed by atoms with E-state index in [1.807, 2.05) is 121 Å². The highest BCUT2D eigenvalue weighted by Gasteiger charge is 2.19. The molecule has 0 fully saturated rings. The highest BCUT2D eigenvalue weighted by Crippen LogP contribution is 2.40. The van der Waals surface area contributed by atoms with E-state index >= 15 is 0 Å². The summed E-state index contributed by atoms with van der Waals surface area (Å²) in [4.78, 5) is 9.33. The number of hydrogen-bond acceptors (Lipinski definition) is 8. The summed E-state index contributed by atoms with van der Waals surface area (Å²) in [6.07, 6.45) is 3.57. The van der Waals surface area contributed by atoms with Crippen LogP contribution in [0.4, 0.5) is 0 Å². The molecule has 0 bridgehead atoms. The molecule has 0 aliphatic heterocycles. The minimum atomic E-state index is -2.58. The number of hydrogen-bond donors (Lipinski definition) is 0. The molecule has 60 heavy (non-hydrogen) atoms. The van der Waals surface area contributed by atoms with Gasteiger partial charge in [-0.05, 0) is 91.8 Å². The van der Waals surface area contributed by atoms with E-state index in [1.54, 1.807) is 17.0 Å². The first-order chi connectivity index (χ1) is 30.9. The number of ether oxygens (including phenoxy) is 2. The van der Waals surface area contributed by atoms with Gasteiger partial charge >= 0.3 is 0 Å². The smallest absolute Gasteiger partial charge is 0.273 e. The molecular formula is C49H31N9O2. The Morgan fingerprint density at radius 2 is 0.767 bits per heavy atom. The summed E-state index contributed by atoms with van der Waals surface area (Å²) in [6.45, 7) is -2.58. The van der Waals surface area contributed by atoms with Gasteiger partial charge in [0.15, 0.2) is 5.82 Å². The number of benzene rings is 6. The van der Waals surface area contributed by atoms with Crippen molar-refractivity contribution in [1.82, 2.24) is 44.1 Å². The fraction of sp³-hybridized carbons (Fsp3) is 0.0204. The van der Waals surface area contributed by atoms with Crippen molar-refractivity contribution in [3.63, 3.8) is 0 Å². The molecule has 0 amide bonds. The van der Waals surface area contributed by atoms with Crippen molar-refractivity contribution in [1.29, 1.82) is 0 Å². The van der Waals surface area contributed by atoms with Crippen LogP contribution in [0.5, 0.6) is 23.0 Å². The fourth-order valence-corrected chi connectivity index (χ4v) is 8.40. The Hall–Kier alpha value is -8.44. The van der Waals surface area contributed by atoms with Gasteiger partial charge in [0.1, 0.15) is 34.6 Å². The van der Waals surface area contributed by atoms with Crippen LogP contribution < -0.4 is 9.47 Å². The fourth-order valence-electron chi connectivity index (χ4n) is 8.40. The van der Waals surface area contributed by atoms with Crippen LogP contribution >= 0.6 is 0 Å². The minimum Gasteiger partial charge on any atom is -0.457 e. The summed E-state index contributed by atoms with van der Waals surface area (Å²) in [7, 11) is 0. The topological polar surface area (TPSA) is 111 Å². The van der Waals surface area contributed by atoms with Crippen LogP contribution in [0.3, 0.4) is 0 Å². The first-order valence-corrected chi connectivity index (χ1v) is 19.3. The van der Waals surface area contributed by atoms with Crippen LogP contribution in [0.15, 0.2) is 170 Å². The zero-order valence-corrected chi connectivity index (χ0v) is 31.5. The number of aryl methyl sites for hydroxylation is 1. The summed E-state index contributed by atoms with van der Waals surface area (Å²) in [5.74, 6) is 3.60. The molecule has 6 aromatic heterocycles. The number of pyridine rings is 2. The average molecular weight is 781 g/mol. The Balaban J connectivity index is 0.972. The van der Waals surface area contributed by atoms with E-state index in [0.717, 1.165) is 66.0 Å². The molecule has 0 unspecified atom stereocenters. The second-order valence-corrected chi connectivity index (χ2v) is 14.4. The van der Waals surface area contributed by atoms with Crippen molar-refractivity contribution < 1.29 is 13.6 Å². The zero-order valence-electron chi connectivity index (χ0n) is 34.5. The quantitative estimate of drug-likeness (QED) is 0.157. The SMILES string of the molecule is [2H]C([2H])([2H])c1nnc(-n2c3cc(Oc4ccc5c6ccccc6n(-c6ccccn6)c5c4)ccc3c3ccc(Oc4ccc5c6ccccc6n(-c6ccccn6)c5c4)cc32)nn1. The monoisotopic (exact) mass is 780 g/mol. The first kappa shape index (κ1) is 30.7. The van der Waals surface area contributed by atoms with E-state index in [4.69, 9.17) is 13.6 Å². The highest BCUT2D eigenvalue weighted by molar-refractivity contribution is 6.11. The Morgan fingerprint density at radius 3 is 1.17 bits per heavy atom. The Bertz CT molecular complexity index is 3520. The second-order valence-electron chi connectivity index (χ2n) is 14.4. The summed E-state index contributed by atoms with van der Waals surface area (Å²) in [5, 5.41) is 22.6. The third-order valence-electron chi connectivity index (χ3n) is 10.9. The van der Waals surface area contributed by atoms with Crippen molar-refractivity contribution in [3.8, 4) is 40.6 Å². The molecule has 11 heteroatoms. The van der Waals surface area contributed by atoms with Crippen molar-refractivity contribution in [3.05, 3.63) is 176 Å². The molecule has 0 atom stereocenters. The predicted octanol–water partition coefficient (Wildman–Crippen LogP) is 11.2. The molecule has 0 saturated heterocycles. The maximum atomic E-state index is 7.82. The van der Waals surface area contributed by atoms with Gasteiger partial charge in [-0.15, -0.1) is 20.4 Å². The Kier molecular flexibility index (Phi) is 6.81. The van der Waals surface area contributed by atoms with E-state index in [2.05, 4.69) is 75.9 Å². The third kappa shape index (κ3) is 5.37. The molecule has 0 aliphatic rings. The van der Waals surface area contributed by atoms with Crippen molar-refractivity contribution in [2.24, 2.45) is 0 Å². The summed E-state index contributed by atoms with van der Waals surface area (Å²) in [6, 6.07) is 51.9. The number of rotatable bonds is 7. The van der Waals surface area contributed by atoms with Gasteiger partial charge in [0.05, 0.1) is 33.1 Å². The average Bonchev–Trinajstić information content (AvgIpc) is 3.94. The molecular weight excluding hydrogens is 747 g/mol. The summed E-state index contributed by atoms with van der Waals surface area (Å²) in [5.41, 5.74) is 5.36. The highest BCUT2D eigenvalue weighted by atomic mass is 16.5. The maximum Gasteiger partial charge on any atom is 0.273 e. The molecule has 0 spiro atoms. The molecule has 0 saturated carbocycles. The van der Waals surface area contributed by atoms with Crippen LogP contribution in [-0.4, -0.2) is 44.1 Å². The lowest BCUT2D eigenvalue weighted by Gasteiger charge is -2.10. The lowest BCUT2D eigenvalue weighted by Crippen LogP contribution is -2.06. The van der Waals surface area contributed by atoms with Gasteiger partial charge in [-0.2, -0.15) is 0 Å². The van der Waals surface area contributed by atoms with E-state index in [0.29, 0.717) is 34.0 Å². The molecule has 284 valence electrons. The minimum absolute atomic E-state index is 0.0832. The van der Waals surface area contributed by atoms with Gasteiger partial charge in [0.2, 0.25) is 0 Å². The van der Waals surface area contributed by atoms with Gasteiger partial charge in [0, 0.05) is 73.1 Å². The molecule has 11 nitrogen and oxygen atoms in total. The van der Waals surface area contributed by atoms with Crippen molar-refractivity contribution in [2.45, 2.75) is 6.85 Å². The molecule has 0 radical (unpaired) electrons. The van der Waals surface area contributed by atoms with E-state index in [-0.39, 0.29) is 5.95 Å². The van der Waals surface area contributed by atoms with E-state index in [9.17, 15) is 0 Å². The van der Waals surface area contributed by atoms with Gasteiger partial charge < -0.3 is 9.47 Å². The molecule has 0 aliphatic carbocycles. The van der Waals surface area contributed by atoms with E-state index < -0.39 is 12.7 Å².